The van der Waals surface area contributed by atoms with E-state index in [0.29, 0.717) is 60.9 Å². The summed E-state index contributed by atoms with van der Waals surface area (Å²) >= 11 is 5.96. The molecule has 0 saturated carbocycles. The maximum atomic E-state index is 14.0. The van der Waals surface area contributed by atoms with E-state index < -0.39 is 10.0 Å². The summed E-state index contributed by atoms with van der Waals surface area (Å²) in [6, 6.07) is 19.0. The molecule has 1 heterocycles. The van der Waals surface area contributed by atoms with Gasteiger partial charge in [-0.15, -0.1) is 0 Å². The van der Waals surface area contributed by atoms with Crippen LogP contribution in [0.2, 0.25) is 5.02 Å². The Bertz CT molecular complexity index is 1520. The normalized spacial score (nSPS) is 17.5. The van der Waals surface area contributed by atoms with Gasteiger partial charge in [-0.05, 0) is 92.6 Å². The number of ether oxygens (including phenoxy) is 1. The second kappa shape index (κ2) is 12.6. The number of piperidine rings is 1. The molecular formula is C31H34ClN3O5S. The lowest BCUT2D eigenvalue weighted by Gasteiger charge is -2.34. The van der Waals surface area contributed by atoms with Crippen LogP contribution in [0.1, 0.15) is 60.1 Å². The zero-order chi connectivity index (χ0) is 29.0. The smallest absolute Gasteiger partial charge is 0.309 e. The third-order valence-corrected chi connectivity index (χ3v) is 9.49. The van der Waals surface area contributed by atoms with E-state index >= 15 is 0 Å². The van der Waals surface area contributed by atoms with Crippen molar-refractivity contribution >= 4 is 44.9 Å². The van der Waals surface area contributed by atoms with Gasteiger partial charge in [0.25, 0.3) is 5.91 Å². The number of sulfonamides is 1. The fourth-order valence-corrected chi connectivity index (χ4v) is 7.24. The number of nitrogens with one attached hydrogen (secondary N) is 2. The number of esters is 1. The average molecular weight is 596 g/mol. The number of rotatable bonds is 8. The van der Waals surface area contributed by atoms with Gasteiger partial charge in [0.2, 0.25) is 10.0 Å². The van der Waals surface area contributed by atoms with Crippen LogP contribution in [0.3, 0.4) is 0 Å². The Morgan fingerprint density at radius 1 is 1.00 bits per heavy atom. The summed E-state index contributed by atoms with van der Waals surface area (Å²) in [6.07, 6.45) is 3.63. The number of carbonyl (C=O) groups is 2. The summed E-state index contributed by atoms with van der Waals surface area (Å²) < 4.78 is 36.2. The molecule has 1 aliphatic heterocycles. The number of nitrogens with zero attached hydrogens (tertiary/aromatic N) is 1. The molecule has 216 valence electrons. The molecule has 2 N–H and O–H groups in total. The first kappa shape index (κ1) is 29.1. The molecule has 1 fully saturated rings. The van der Waals surface area contributed by atoms with Crippen molar-refractivity contribution in [3.63, 3.8) is 0 Å². The highest BCUT2D eigenvalue weighted by Gasteiger charge is 2.32. The van der Waals surface area contributed by atoms with Gasteiger partial charge in [0.05, 0.1) is 18.2 Å². The first-order valence-electron chi connectivity index (χ1n) is 14.0. The van der Waals surface area contributed by atoms with E-state index in [1.807, 2.05) is 29.2 Å². The summed E-state index contributed by atoms with van der Waals surface area (Å²) in [6.45, 7) is 3.14. The fourth-order valence-electron chi connectivity index (χ4n) is 5.62. The highest BCUT2D eigenvalue weighted by molar-refractivity contribution is 7.89. The predicted octanol–water partition coefficient (Wildman–Crippen LogP) is 5.73. The lowest BCUT2D eigenvalue weighted by atomic mass is 9.88. The van der Waals surface area contributed by atoms with Crippen molar-refractivity contribution in [2.75, 3.05) is 29.9 Å². The van der Waals surface area contributed by atoms with Gasteiger partial charge in [0, 0.05) is 35.4 Å². The molecule has 3 aromatic carbocycles. The minimum Gasteiger partial charge on any atom is -0.466 e. The number of anilines is 2. The molecular weight excluding hydrogens is 562 g/mol. The molecule has 1 saturated heterocycles. The van der Waals surface area contributed by atoms with Crippen LogP contribution in [0.15, 0.2) is 71.6 Å². The highest BCUT2D eigenvalue weighted by atomic mass is 35.5. The lowest BCUT2D eigenvalue weighted by Crippen LogP contribution is -2.38. The molecule has 41 heavy (non-hydrogen) atoms. The van der Waals surface area contributed by atoms with Gasteiger partial charge in [-0.1, -0.05) is 35.9 Å². The van der Waals surface area contributed by atoms with Gasteiger partial charge in [0.15, 0.2) is 0 Å². The van der Waals surface area contributed by atoms with E-state index in [9.17, 15) is 18.0 Å². The molecule has 10 heteroatoms. The number of aryl methyl sites for hydroxylation is 1. The van der Waals surface area contributed by atoms with E-state index in [1.54, 1.807) is 43.3 Å². The van der Waals surface area contributed by atoms with Gasteiger partial charge in [-0.25, -0.2) is 13.1 Å². The SMILES string of the molecule is CCOC(=O)C1CCN(c2ccc(NC(=O)c3ccc(Cl)cc3)cc2S(=O)(=O)N[C@@H]2CCCc3ccccc32)CC1. The zero-order valence-electron chi connectivity index (χ0n) is 22.9. The number of fused-ring (bicyclic) bond motifs is 1. The molecule has 0 radical (unpaired) electrons. The summed E-state index contributed by atoms with van der Waals surface area (Å²) in [7, 11) is -4.00. The Balaban J connectivity index is 1.44. The van der Waals surface area contributed by atoms with Crippen molar-refractivity contribution in [2.45, 2.75) is 50.0 Å². The maximum absolute atomic E-state index is 14.0. The van der Waals surface area contributed by atoms with Gasteiger partial charge in [-0.3, -0.25) is 9.59 Å². The van der Waals surface area contributed by atoms with E-state index in [-0.39, 0.29) is 28.7 Å². The molecule has 1 amide bonds. The second-order valence-corrected chi connectivity index (χ2v) is 12.5. The molecule has 1 aliphatic carbocycles. The minimum absolute atomic E-state index is 0.0871. The number of benzene rings is 3. The van der Waals surface area contributed by atoms with Crippen molar-refractivity contribution in [1.82, 2.24) is 4.72 Å². The van der Waals surface area contributed by atoms with Crippen molar-refractivity contribution in [3.05, 3.63) is 88.4 Å². The highest BCUT2D eigenvalue weighted by Crippen LogP contribution is 2.35. The zero-order valence-corrected chi connectivity index (χ0v) is 24.5. The number of carbonyl (C=O) groups excluding carboxylic acids is 2. The van der Waals surface area contributed by atoms with Crippen LogP contribution in [0.5, 0.6) is 0 Å². The molecule has 5 rings (SSSR count). The molecule has 0 aromatic heterocycles. The first-order chi connectivity index (χ1) is 19.7. The largest absolute Gasteiger partial charge is 0.466 e. The number of hydrogen-bond acceptors (Lipinski definition) is 6. The first-order valence-corrected chi connectivity index (χ1v) is 15.8. The summed E-state index contributed by atoms with van der Waals surface area (Å²) in [5, 5.41) is 3.34. The quantitative estimate of drug-likeness (QED) is 0.322. The van der Waals surface area contributed by atoms with Crippen molar-refractivity contribution < 1.29 is 22.7 Å². The Morgan fingerprint density at radius 2 is 1.73 bits per heavy atom. The Labute approximate surface area is 246 Å². The van der Waals surface area contributed by atoms with E-state index in [4.69, 9.17) is 16.3 Å². The standard InChI is InChI=1S/C31H34ClN3O5S/c1-2-40-31(37)23-16-18-35(19-17-23)28-15-14-25(33-30(36)22-10-12-24(32)13-11-22)20-29(28)41(38,39)34-27-9-5-7-21-6-3-4-8-26(21)27/h3-4,6,8,10-15,20,23,27,34H,2,5,7,9,16-19H2,1H3,(H,33,36)/t27-/m1/s1. The second-order valence-electron chi connectivity index (χ2n) is 10.4. The topological polar surface area (TPSA) is 105 Å². The number of hydrogen-bond donors (Lipinski definition) is 2. The predicted molar refractivity (Wildman–Crippen MR) is 160 cm³/mol. The van der Waals surface area contributed by atoms with Crippen LogP contribution < -0.4 is 14.9 Å². The van der Waals surface area contributed by atoms with E-state index in [2.05, 4.69) is 10.0 Å². The van der Waals surface area contributed by atoms with Gasteiger partial charge in [-0.2, -0.15) is 0 Å². The molecule has 1 atom stereocenters. The van der Waals surface area contributed by atoms with Gasteiger partial charge < -0.3 is 15.0 Å². The van der Waals surface area contributed by atoms with E-state index in [1.165, 1.54) is 6.07 Å². The van der Waals surface area contributed by atoms with Crippen molar-refractivity contribution in [2.24, 2.45) is 5.92 Å². The van der Waals surface area contributed by atoms with Gasteiger partial charge >= 0.3 is 5.97 Å². The van der Waals surface area contributed by atoms with Crippen LogP contribution in [-0.4, -0.2) is 40.0 Å². The van der Waals surface area contributed by atoms with Crippen molar-refractivity contribution in [3.8, 4) is 0 Å². The Morgan fingerprint density at radius 3 is 2.46 bits per heavy atom. The molecule has 0 bridgehead atoms. The minimum atomic E-state index is -4.00. The van der Waals surface area contributed by atoms with Crippen LogP contribution in [0, 0.1) is 5.92 Å². The third-order valence-electron chi connectivity index (χ3n) is 7.74. The van der Waals surface area contributed by atoms with Gasteiger partial charge in [0.1, 0.15) is 4.90 Å². The molecule has 0 spiro atoms. The summed E-state index contributed by atoms with van der Waals surface area (Å²) in [5.41, 5.74) is 3.44. The number of amides is 1. The Kier molecular flexibility index (Phi) is 8.97. The molecule has 3 aromatic rings. The lowest BCUT2D eigenvalue weighted by molar-refractivity contribution is -0.148. The Hall–Kier alpha value is -3.40. The molecule has 0 unspecified atom stereocenters. The van der Waals surface area contributed by atoms with E-state index in [0.717, 1.165) is 24.0 Å². The van der Waals surface area contributed by atoms with Crippen molar-refractivity contribution in [1.29, 1.82) is 0 Å². The monoisotopic (exact) mass is 595 g/mol. The van der Waals surface area contributed by atoms with Crippen LogP contribution >= 0.6 is 11.6 Å². The molecule has 2 aliphatic rings. The molecule has 8 nitrogen and oxygen atoms in total. The summed E-state index contributed by atoms with van der Waals surface area (Å²) in [4.78, 5) is 27.3. The fraction of sp³-hybridized carbons (Fsp3) is 0.355. The average Bonchev–Trinajstić information content (AvgIpc) is 2.98. The van der Waals surface area contributed by atoms with Crippen LogP contribution in [-0.2, 0) is 26.0 Å². The maximum Gasteiger partial charge on any atom is 0.309 e. The third kappa shape index (κ3) is 6.74. The summed E-state index contributed by atoms with van der Waals surface area (Å²) in [5.74, 6) is -0.791. The van der Waals surface area contributed by atoms with Crippen LogP contribution in [0.4, 0.5) is 11.4 Å². The van der Waals surface area contributed by atoms with Crippen LogP contribution in [0.25, 0.3) is 0 Å². The number of halogens is 1.